The van der Waals surface area contributed by atoms with Gasteiger partial charge in [0.1, 0.15) is 6.54 Å². The minimum Gasteiger partial charge on any atom is -0.334 e. The van der Waals surface area contributed by atoms with E-state index in [-0.39, 0.29) is 30.6 Å². The number of hydrogen-bond acceptors (Lipinski definition) is 3. The summed E-state index contributed by atoms with van der Waals surface area (Å²) >= 11 is 0. The van der Waals surface area contributed by atoms with E-state index in [0.717, 1.165) is 18.4 Å². The Bertz CT molecular complexity index is 1220. The zero-order valence-corrected chi connectivity index (χ0v) is 18.4. The fourth-order valence-electron chi connectivity index (χ4n) is 4.04. The lowest BCUT2D eigenvalue weighted by Gasteiger charge is -2.24. The summed E-state index contributed by atoms with van der Waals surface area (Å²) in [5, 5.41) is 0.457. The SMILES string of the molecule is CCn1c(=O)c2ccccc2n(CC(=O)N(Cc2ccc(C(C)C)cc2)C2CC2)c1=O. The molecule has 31 heavy (non-hydrogen) atoms. The van der Waals surface area contributed by atoms with Gasteiger partial charge in [-0.1, -0.05) is 50.2 Å². The van der Waals surface area contributed by atoms with Gasteiger partial charge in [-0.05, 0) is 48.9 Å². The van der Waals surface area contributed by atoms with Crippen LogP contribution in [0.2, 0.25) is 0 Å². The maximum absolute atomic E-state index is 13.3. The van der Waals surface area contributed by atoms with Crippen LogP contribution in [0.4, 0.5) is 0 Å². The quantitative estimate of drug-likeness (QED) is 0.589. The summed E-state index contributed by atoms with van der Waals surface area (Å²) < 4.78 is 2.64. The molecule has 0 spiro atoms. The summed E-state index contributed by atoms with van der Waals surface area (Å²) in [6.45, 7) is 6.81. The fourth-order valence-corrected chi connectivity index (χ4v) is 4.04. The third-order valence-electron chi connectivity index (χ3n) is 6.05. The summed E-state index contributed by atoms with van der Waals surface area (Å²) in [4.78, 5) is 40.8. The molecule has 4 rings (SSSR count). The van der Waals surface area contributed by atoms with Crippen LogP contribution in [0.5, 0.6) is 0 Å². The predicted molar refractivity (Wildman–Crippen MR) is 122 cm³/mol. The van der Waals surface area contributed by atoms with Gasteiger partial charge in [0.2, 0.25) is 5.91 Å². The molecule has 1 saturated carbocycles. The highest BCUT2D eigenvalue weighted by Gasteiger charge is 2.33. The lowest BCUT2D eigenvalue weighted by atomic mass is 10.0. The Morgan fingerprint density at radius 1 is 1.03 bits per heavy atom. The van der Waals surface area contributed by atoms with E-state index in [4.69, 9.17) is 0 Å². The van der Waals surface area contributed by atoms with Crippen LogP contribution in [0.3, 0.4) is 0 Å². The molecule has 0 N–H and O–H groups in total. The van der Waals surface area contributed by atoms with Crippen LogP contribution in [0.1, 0.15) is 50.7 Å². The maximum atomic E-state index is 13.3. The standard InChI is InChI=1S/C25H29N3O3/c1-4-26-24(30)21-7-5-6-8-22(21)28(25(26)31)16-23(29)27(20-13-14-20)15-18-9-11-19(12-10-18)17(2)3/h5-12,17,20H,4,13-16H2,1-3H3. The first-order valence-electron chi connectivity index (χ1n) is 11.0. The van der Waals surface area contributed by atoms with Crippen molar-refractivity contribution in [2.45, 2.75) is 65.2 Å². The van der Waals surface area contributed by atoms with Crippen LogP contribution in [0, 0.1) is 0 Å². The van der Waals surface area contributed by atoms with E-state index in [1.165, 1.54) is 14.7 Å². The monoisotopic (exact) mass is 419 g/mol. The molecule has 2 aromatic carbocycles. The van der Waals surface area contributed by atoms with Gasteiger partial charge in [-0.3, -0.25) is 18.7 Å². The molecular formula is C25H29N3O3. The Balaban J connectivity index is 1.65. The molecule has 1 aromatic heterocycles. The van der Waals surface area contributed by atoms with Gasteiger partial charge in [0.05, 0.1) is 10.9 Å². The Morgan fingerprint density at radius 2 is 1.71 bits per heavy atom. The van der Waals surface area contributed by atoms with Crippen LogP contribution in [0.15, 0.2) is 58.1 Å². The van der Waals surface area contributed by atoms with Crippen molar-refractivity contribution < 1.29 is 4.79 Å². The van der Waals surface area contributed by atoms with Gasteiger partial charge in [0, 0.05) is 19.1 Å². The van der Waals surface area contributed by atoms with Gasteiger partial charge in [-0.25, -0.2) is 4.79 Å². The van der Waals surface area contributed by atoms with Crippen molar-refractivity contribution in [2.75, 3.05) is 0 Å². The molecule has 1 fully saturated rings. The second-order valence-corrected chi connectivity index (χ2v) is 8.58. The number of carbonyl (C=O) groups is 1. The molecule has 0 atom stereocenters. The minimum atomic E-state index is -0.434. The highest BCUT2D eigenvalue weighted by atomic mass is 16.2. The second kappa shape index (κ2) is 8.53. The molecule has 162 valence electrons. The van der Waals surface area contributed by atoms with Crippen LogP contribution in [0.25, 0.3) is 10.9 Å². The van der Waals surface area contributed by atoms with Crippen molar-refractivity contribution >= 4 is 16.8 Å². The summed E-state index contributed by atoms with van der Waals surface area (Å²) in [5.74, 6) is 0.369. The van der Waals surface area contributed by atoms with Gasteiger partial charge in [-0.15, -0.1) is 0 Å². The average Bonchev–Trinajstić information content (AvgIpc) is 3.61. The molecule has 0 unspecified atom stereocenters. The molecule has 0 aliphatic heterocycles. The normalized spacial score (nSPS) is 13.7. The minimum absolute atomic E-state index is 0.0692. The Morgan fingerprint density at radius 3 is 2.32 bits per heavy atom. The number of fused-ring (bicyclic) bond motifs is 1. The number of benzene rings is 2. The van der Waals surface area contributed by atoms with Crippen molar-refractivity contribution in [1.82, 2.24) is 14.0 Å². The second-order valence-electron chi connectivity index (χ2n) is 8.58. The van der Waals surface area contributed by atoms with Gasteiger partial charge in [0.25, 0.3) is 5.56 Å². The number of nitrogens with zero attached hydrogens (tertiary/aromatic N) is 3. The first kappa shape index (κ1) is 21.1. The molecule has 3 aromatic rings. The molecule has 0 radical (unpaired) electrons. The van der Waals surface area contributed by atoms with E-state index in [0.29, 0.717) is 23.4 Å². The number of hydrogen-bond donors (Lipinski definition) is 0. The van der Waals surface area contributed by atoms with Gasteiger partial charge in [-0.2, -0.15) is 0 Å². The van der Waals surface area contributed by atoms with Crippen LogP contribution in [-0.4, -0.2) is 26.0 Å². The zero-order valence-electron chi connectivity index (χ0n) is 18.4. The number of carbonyl (C=O) groups excluding carboxylic acids is 1. The number of amides is 1. The van der Waals surface area contributed by atoms with E-state index in [9.17, 15) is 14.4 Å². The van der Waals surface area contributed by atoms with Crippen molar-refractivity contribution in [3.8, 4) is 0 Å². The molecule has 0 bridgehead atoms. The summed E-state index contributed by atoms with van der Waals surface area (Å²) in [7, 11) is 0. The van der Waals surface area contributed by atoms with E-state index >= 15 is 0 Å². The van der Waals surface area contributed by atoms with E-state index < -0.39 is 5.69 Å². The first-order valence-corrected chi connectivity index (χ1v) is 11.0. The summed E-state index contributed by atoms with van der Waals surface area (Å²) in [5.41, 5.74) is 2.12. The number of rotatable bonds is 7. The topological polar surface area (TPSA) is 64.3 Å². The fraction of sp³-hybridized carbons (Fsp3) is 0.400. The third kappa shape index (κ3) is 4.20. The molecule has 1 aliphatic carbocycles. The highest BCUT2D eigenvalue weighted by Crippen LogP contribution is 2.29. The molecule has 6 heteroatoms. The van der Waals surface area contributed by atoms with Gasteiger partial charge in [0.15, 0.2) is 0 Å². The maximum Gasteiger partial charge on any atom is 0.331 e. The van der Waals surface area contributed by atoms with E-state index in [1.54, 1.807) is 31.2 Å². The number of para-hydroxylation sites is 1. The van der Waals surface area contributed by atoms with Gasteiger partial charge < -0.3 is 4.90 Å². The molecule has 6 nitrogen and oxygen atoms in total. The highest BCUT2D eigenvalue weighted by molar-refractivity contribution is 5.82. The molecule has 1 aliphatic rings. The summed E-state index contributed by atoms with van der Waals surface area (Å²) in [6.07, 6.45) is 1.97. The first-order chi connectivity index (χ1) is 14.9. The van der Waals surface area contributed by atoms with Crippen molar-refractivity contribution in [3.05, 3.63) is 80.5 Å². The van der Waals surface area contributed by atoms with Crippen molar-refractivity contribution in [2.24, 2.45) is 0 Å². The lowest BCUT2D eigenvalue weighted by molar-refractivity contribution is -0.133. The molecular weight excluding hydrogens is 390 g/mol. The molecule has 1 heterocycles. The van der Waals surface area contributed by atoms with Crippen LogP contribution in [-0.2, 0) is 24.4 Å². The molecule has 0 saturated heterocycles. The average molecular weight is 420 g/mol. The van der Waals surface area contributed by atoms with E-state index in [2.05, 4.69) is 38.1 Å². The van der Waals surface area contributed by atoms with Crippen LogP contribution >= 0.6 is 0 Å². The van der Waals surface area contributed by atoms with Crippen LogP contribution < -0.4 is 11.2 Å². The Hall–Kier alpha value is -3.15. The van der Waals surface area contributed by atoms with Crippen molar-refractivity contribution in [1.29, 1.82) is 0 Å². The summed E-state index contributed by atoms with van der Waals surface area (Å²) in [6, 6.07) is 15.6. The Labute approximate surface area is 181 Å². The predicted octanol–water partition coefficient (Wildman–Crippen LogP) is 3.50. The molecule has 1 amide bonds. The Kier molecular flexibility index (Phi) is 5.81. The lowest BCUT2D eigenvalue weighted by Crippen LogP contribution is -2.43. The van der Waals surface area contributed by atoms with Crippen molar-refractivity contribution in [3.63, 3.8) is 0 Å². The number of aromatic nitrogens is 2. The van der Waals surface area contributed by atoms with Gasteiger partial charge >= 0.3 is 5.69 Å². The largest absolute Gasteiger partial charge is 0.334 e. The van der Waals surface area contributed by atoms with E-state index in [1.807, 2.05) is 4.90 Å². The zero-order chi connectivity index (χ0) is 22.1. The smallest absolute Gasteiger partial charge is 0.331 e. The third-order valence-corrected chi connectivity index (χ3v) is 6.05.